The van der Waals surface area contributed by atoms with Crippen molar-refractivity contribution in [2.45, 2.75) is 19.9 Å². The van der Waals surface area contributed by atoms with E-state index in [2.05, 4.69) is 17.2 Å². The van der Waals surface area contributed by atoms with Gasteiger partial charge in [0.05, 0.1) is 24.5 Å². The topological polar surface area (TPSA) is 82.5 Å². The molecule has 2 aromatic heterocycles. The predicted octanol–water partition coefficient (Wildman–Crippen LogP) is 3.66. The van der Waals surface area contributed by atoms with E-state index in [1.165, 1.54) is 34.2 Å². The summed E-state index contributed by atoms with van der Waals surface area (Å²) in [6.45, 7) is 3.53. The quantitative estimate of drug-likeness (QED) is 0.579. The lowest BCUT2D eigenvalue weighted by Gasteiger charge is -2.07. The Morgan fingerprint density at radius 1 is 1.17 bits per heavy atom. The van der Waals surface area contributed by atoms with E-state index in [-0.39, 0.29) is 11.5 Å². The van der Waals surface area contributed by atoms with Gasteiger partial charge in [-0.1, -0.05) is 6.92 Å². The fraction of sp³-hybridized carbons (Fsp3) is 0.286. The molecule has 1 N–H and O–H groups in total. The number of amides is 1. The number of nitrogens with one attached hydrogen (secondary N) is 1. The molecule has 152 valence electrons. The molecule has 0 aliphatic rings. The first-order valence-electron chi connectivity index (χ1n) is 9.30. The molecule has 3 aromatic rings. The lowest BCUT2D eigenvalue weighted by atomic mass is 10.2. The molecule has 3 rings (SSSR count). The highest BCUT2D eigenvalue weighted by molar-refractivity contribution is 7.14. The van der Waals surface area contributed by atoms with Crippen LogP contribution in [-0.4, -0.2) is 35.8 Å². The molecule has 29 heavy (non-hydrogen) atoms. The van der Waals surface area contributed by atoms with Crippen LogP contribution in [0.5, 0.6) is 5.75 Å². The number of nitrogens with zero attached hydrogens (tertiary/aromatic N) is 2. The Labute approximate surface area is 172 Å². The molecule has 0 aliphatic heterocycles. The number of thiazole rings is 1. The second-order valence-electron chi connectivity index (χ2n) is 6.31. The fourth-order valence-corrected chi connectivity index (χ4v) is 3.32. The third kappa shape index (κ3) is 5.52. The van der Waals surface area contributed by atoms with Crippen LogP contribution in [0.3, 0.4) is 0 Å². The van der Waals surface area contributed by atoms with Crippen LogP contribution >= 0.6 is 11.3 Å². The fourth-order valence-electron chi connectivity index (χ4n) is 2.60. The molecule has 0 bridgehead atoms. The second kappa shape index (κ2) is 9.99. The molecule has 0 unspecified atom stereocenters. The summed E-state index contributed by atoms with van der Waals surface area (Å²) in [7, 11) is 1.56. The summed E-state index contributed by atoms with van der Waals surface area (Å²) in [6, 6.07) is 10.6. The summed E-state index contributed by atoms with van der Waals surface area (Å²) in [6.07, 6.45) is 2.49. The highest BCUT2D eigenvalue weighted by atomic mass is 32.1. The molecule has 0 saturated carbocycles. The van der Waals surface area contributed by atoms with Gasteiger partial charge < -0.3 is 14.0 Å². The number of hydrogen-bond acceptors (Lipinski definition) is 6. The van der Waals surface area contributed by atoms with E-state index < -0.39 is 0 Å². The third-order valence-corrected chi connectivity index (χ3v) is 4.89. The molecule has 1 aromatic carbocycles. The van der Waals surface area contributed by atoms with Gasteiger partial charge in [-0.15, -0.1) is 11.3 Å². The van der Waals surface area contributed by atoms with Crippen LogP contribution in [0.2, 0.25) is 0 Å². The number of ether oxygens (including phenoxy) is 2. The summed E-state index contributed by atoms with van der Waals surface area (Å²) >= 11 is 1.34. The minimum atomic E-state index is -0.319. The van der Waals surface area contributed by atoms with Crippen LogP contribution in [0.15, 0.2) is 52.8 Å². The number of aromatic nitrogens is 2. The molecule has 0 fully saturated rings. The monoisotopic (exact) mass is 413 g/mol. The van der Waals surface area contributed by atoms with Crippen LogP contribution in [0.1, 0.15) is 23.7 Å². The van der Waals surface area contributed by atoms with Gasteiger partial charge in [-0.25, -0.2) is 4.98 Å². The third-order valence-electron chi connectivity index (χ3n) is 4.13. The van der Waals surface area contributed by atoms with Crippen LogP contribution in [-0.2, 0) is 11.3 Å². The average Bonchev–Trinajstić information content (AvgIpc) is 3.20. The van der Waals surface area contributed by atoms with Gasteiger partial charge in [0.1, 0.15) is 5.75 Å². The summed E-state index contributed by atoms with van der Waals surface area (Å²) < 4.78 is 12.0. The number of rotatable bonds is 9. The molecular weight excluding hydrogens is 390 g/mol. The number of carbonyl (C=O) groups is 1. The molecule has 8 heteroatoms. The molecule has 0 saturated heterocycles. The van der Waals surface area contributed by atoms with Gasteiger partial charge in [0.2, 0.25) is 0 Å². The minimum Gasteiger partial charge on any atom is -0.494 e. The van der Waals surface area contributed by atoms with Crippen molar-refractivity contribution < 1.29 is 14.3 Å². The van der Waals surface area contributed by atoms with Crippen molar-refractivity contribution in [1.29, 1.82) is 0 Å². The van der Waals surface area contributed by atoms with Gasteiger partial charge >= 0.3 is 0 Å². The smallest absolute Gasteiger partial charge is 0.258 e. The number of anilines is 1. The van der Waals surface area contributed by atoms with Crippen molar-refractivity contribution >= 4 is 22.4 Å². The second-order valence-corrected chi connectivity index (χ2v) is 7.17. The number of methoxy groups -OCH3 is 1. The molecule has 0 radical (unpaired) electrons. The molecule has 0 spiro atoms. The summed E-state index contributed by atoms with van der Waals surface area (Å²) in [5, 5.41) is 5.17. The number of hydrogen-bond donors (Lipinski definition) is 1. The zero-order chi connectivity index (χ0) is 20.6. The maximum Gasteiger partial charge on any atom is 0.258 e. The first-order chi connectivity index (χ1) is 14.1. The molecule has 0 atom stereocenters. The Kier molecular flexibility index (Phi) is 7.15. The predicted molar refractivity (Wildman–Crippen MR) is 114 cm³/mol. The Morgan fingerprint density at radius 2 is 1.97 bits per heavy atom. The summed E-state index contributed by atoms with van der Waals surface area (Å²) in [5.74, 6) is 0.503. The zero-order valence-corrected chi connectivity index (χ0v) is 17.2. The summed E-state index contributed by atoms with van der Waals surface area (Å²) in [4.78, 5) is 28.9. The van der Waals surface area contributed by atoms with E-state index in [1.807, 2.05) is 29.6 Å². The Balaban J connectivity index is 1.68. The Hall–Kier alpha value is -2.97. The normalized spacial score (nSPS) is 10.7. The molecule has 1 amide bonds. The van der Waals surface area contributed by atoms with E-state index in [9.17, 15) is 9.59 Å². The molecule has 7 nitrogen and oxygen atoms in total. The van der Waals surface area contributed by atoms with E-state index in [0.29, 0.717) is 30.5 Å². The average molecular weight is 413 g/mol. The maximum absolute atomic E-state index is 12.5. The highest BCUT2D eigenvalue weighted by Crippen LogP contribution is 2.26. The largest absolute Gasteiger partial charge is 0.494 e. The van der Waals surface area contributed by atoms with Gasteiger partial charge in [-0.2, -0.15) is 0 Å². The van der Waals surface area contributed by atoms with Crippen LogP contribution < -0.4 is 15.6 Å². The van der Waals surface area contributed by atoms with Crippen LogP contribution in [0.25, 0.3) is 11.3 Å². The minimum absolute atomic E-state index is 0.179. The zero-order valence-electron chi connectivity index (χ0n) is 16.4. The lowest BCUT2D eigenvalue weighted by molar-refractivity contribution is 0.102. The van der Waals surface area contributed by atoms with Gasteiger partial charge in [0, 0.05) is 36.9 Å². The van der Waals surface area contributed by atoms with Crippen LogP contribution in [0, 0.1) is 0 Å². The van der Waals surface area contributed by atoms with Crippen molar-refractivity contribution in [2.75, 3.05) is 25.6 Å². The van der Waals surface area contributed by atoms with Crippen LogP contribution in [0.4, 0.5) is 5.13 Å². The number of benzene rings is 1. The molecule has 0 aliphatic carbocycles. The van der Waals surface area contributed by atoms with Crippen molar-refractivity contribution in [2.24, 2.45) is 0 Å². The molecule has 2 heterocycles. The van der Waals surface area contributed by atoms with Crippen molar-refractivity contribution in [3.05, 3.63) is 63.9 Å². The highest BCUT2D eigenvalue weighted by Gasteiger charge is 2.11. The Morgan fingerprint density at radius 3 is 2.69 bits per heavy atom. The van der Waals surface area contributed by atoms with E-state index in [1.54, 1.807) is 7.11 Å². The van der Waals surface area contributed by atoms with Gasteiger partial charge in [-0.3, -0.25) is 14.9 Å². The maximum atomic E-state index is 12.5. The number of carbonyl (C=O) groups excluding carboxylic acids is 1. The van der Waals surface area contributed by atoms with Gasteiger partial charge in [-0.05, 0) is 36.8 Å². The summed E-state index contributed by atoms with van der Waals surface area (Å²) in [5.41, 5.74) is 1.92. The van der Waals surface area contributed by atoms with Crippen molar-refractivity contribution in [1.82, 2.24) is 9.55 Å². The SMILES string of the molecule is CCCOc1ccc(-c2csc(NC(=O)c3ccc(=O)n(CCOC)c3)n2)cc1. The Bertz CT molecular complexity index is 1010. The first-order valence-corrected chi connectivity index (χ1v) is 10.2. The first kappa shape index (κ1) is 20.8. The van der Waals surface area contributed by atoms with E-state index in [4.69, 9.17) is 9.47 Å². The number of pyridine rings is 1. The molecular formula is C21H23N3O4S. The van der Waals surface area contributed by atoms with E-state index >= 15 is 0 Å². The van der Waals surface area contributed by atoms with E-state index in [0.717, 1.165) is 23.4 Å². The van der Waals surface area contributed by atoms with Gasteiger partial charge in [0.15, 0.2) is 5.13 Å². The van der Waals surface area contributed by atoms with Gasteiger partial charge in [0.25, 0.3) is 11.5 Å². The van der Waals surface area contributed by atoms with Crippen molar-refractivity contribution in [3.63, 3.8) is 0 Å². The standard InChI is InChI=1S/C21H23N3O4S/c1-3-11-28-17-7-4-15(5-8-17)18-14-29-21(22-18)23-20(26)16-6-9-19(25)24(13-16)10-12-27-2/h4-9,13-14H,3,10-12H2,1-2H3,(H,22,23,26). The van der Waals surface area contributed by atoms with Crippen molar-refractivity contribution in [3.8, 4) is 17.0 Å². The lowest BCUT2D eigenvalue weighted by Crippen LogP contribution is -2.23.